The van der Waals surface area contributed by atoms with E-state index in [0.29, 0.717) is 12.8 Å². The van der Waals surface area contributed by atoms with Crippen molar-refractivity contribution in [2.75, 3.05) is 5.32 Å². The van der Waals surface area contributed by atoms with Crippen LogP contribution in [0.15, 0.2) is 164 Å². The van der Waals surface area contributed by atoms with E-state index in [4.69, 9.17) is 0 Å². The first-order valence-electron chi connectivity index (χ1n) is 16.4. The average Bonchev–Trinajstić information content (AvgIpc) is 3.68. The Morgan fingerprint density at radius 1 is 0.542 bits per heavy atom. The van der Waals surface area contributed by atoms with Crippen molar-refractivity contribution in [3.63, 3.8) is 0 Å². The van der Waals surface area contributed by atoms with E-state index < -0.39 is 0 Å². The lowest BCUT2D eigenvalue weighted by atomic mass is 9.84. The van der Waals surface area contributed by atoms with Gasteiger partial charge in [0.2, 0.25) is 5.91 Å². The molecule has 0 saturated carbocycles. The van der Waals surface area contributed by atoms with Crippen molar-refractivity contribution in [1.82, 2.24) is 9.97 Å². The molecule has 0 atom stereocenters. The molecule has 6 aromatic carbocycles. The van der Waals surface area contributed by atoms with Gasteiger partial charge < -0.3 is 15.3 Å². The summed E-state index contributed by atoms with van der Waals surface area (Å²) >= 11 is 0. The van der Waals surface area contributed by atoms with Crippen LogP contribution in [0.3, 0.4) is 0 Å². The fourth-order valence-electron chi connectivity index (χ4n) is 7.04. The van der Waals surface area contributed by atoms with Gasteiger partial charge in [0, 0.05) is 62.3 Å². The van der Waals surface area contributed by atoms with Crippen molar-refractivity contribution in [2.45, 2.75) is 18.8 Å². The summed E-state index contributed by atoms with van der Waals surface area (Å²) < 4.78 is 0. The molecule has 0 aliphatic carbocycles. The summed E-state index contributed by atoms with van der Waals surface area (Å²) in [6.45, 7) is 0. The summed E-state index contributed by atoms with van der Waals surface area (Å²) in [5, 5.41) is 5.56. The first kappa shape index (κ1) is 29.3. The fourth-order valence-corrected chi connectivity index (χ4v) is 7.04. The Morgan fingerprint density at radius 3 is 1.73 bits per heavy atom. The number of aromatic nitrogens is 2. The third kappa shape index (κ3) is 5.69. The van der Waals surface area contributed by atoms with Crippen LogP contribution in [-0.2, 0) is 17.6 Å². The molecule has 0 spiro atoms. The van der Waals surface area contributed by atoms with Crippen molar-refractivity contribution < 1.29 is 4.79 Å². The predicted molar refractivity (Wildman–Crippen MR) is 197 cm³/mol. The molecule has 0 fully saturated rings. The van der Waals surface area contributed by atoms with E-state index in [9.17, 15) is 4.79 Å². The minimum absolute atomic E-state index is 0.0131. The first-order valence-corrected chi connectivity index (χ1v) is 16.4. The van der Waals surface area contributed by atoms with Crippen LogP contribution < -0.4 is 5.32 Å². The number of rotatable bonds is 9. The molecule has 1 amide bonds. The fraction of sp³-hybridized carbons (Fsp3) is 0.0682. The standard InChI is InChI=1S/C44H35N3O/c48-40(28-30-16-4-1-5-17-30)46-36-25-13-10-22-33(36)29-39-42(34-23-11-14-26-37(34)45-39)43-35-24-12-15-27-38(35)47-44(43)41(31-18-6-2-7-19-31)32-20-8-3-9-21-32/h1-27,41,45,47H,28-29H2,(H,46,48). The Kier molecular flexibility index (Phi) is 7.89. The molecule has 4 nitrogen and oxygen atoms in total. The molecule has 0 unspecified atom stereocenters. The Balaban J connectivity index is 1.29. The number of nitrogens with one attached hydrogen (secondary N) is 3. The minimum atomic E-state index is -0.0296. The summed E-state index contributed by atoms with van der Waals surface area (Å²) in [6, 6.07) is 56.7. The van der Waals surface area contributed by atoms with Gasteiger partial charge in [-0.05, 0) is 40.5 Å². The van der Waals surface area contributed by atoms with Crippen molar-refractivity contribution in [3.8, 4) is 11.1 Å². The molecular weight excluding hydrogens is 587 g/mol. The number of aromatic amines is 2. The number of benzene rings is 6. The molecule has 0 bridgehead atoms. The van der Waals surface area contributed by atoms with Gasteiger partial charge in [0.15, 0.2) is 0 Å². The number of carbonyl (C=O) groups excluding carboxylic acids is 1. The number of amides is 1. The largest absolute Gasteiger partial charge is 0.358 e. The summed E-state index contributed by atoms with van der Waals surface area (Å²) in [7, 11) is 0. The zero-order valence-corrected chi connectivity index (χ0v) is 26.5. The van der Waals surface area contributed by atoms with Crippen LogP contribution in [0.4, 0.5) is 5.69 Å². The zero-order chi connectivity index (χ0) is 32.3. The highest BCUT2D eigenvalue weighted by molar-refractivity contribution is 6.08. The van der Waals surface area contributed by atoms with Crippen LogP contribution in [-0.4, -0.2) is 15.9 Å². The SMILES string of the molecule is O=C(Cc1ccccc1)Nc1ccccc1Cc1[nH]c2ccccc2c1-c1c(C(c2ccccc2)c2ccccc2)[nH]c2ccccc12. The zero-order valence-electron chi connectivity index (χ0n) is 26.5. The maximum Gasteiger partial charge on any atom is 0.228 e. The molecule has 0 aliphatic rings. The molecule has 0 saturated heterocycles. The number of fused-ring (bicyclic) bond motifs is 2. The van der Waals surface area contributed by atoms with E-state index in [0.717, 1.165) is 39.2 Å². The van der Waals surface area contributed by atoms with E-state index in [2.05, 4.69) is 131 Å². The van der Waals surface area contributed by atoms with E-state index in [1.807, 2.05) is 48.5 Å². The molecule has 232 valence electrons. The highest BCUT2D eigenvalue weighted by atomic mass is 16.1. The number of anilines is 1. The molecule has 4 heteroatoms. The van der Waals surface area contributed by atoms with Gasteiger partial charge >= 0.3 is 0 Å². The lowest BCUT2D eigenvalue weighted by Crippen LogP contribution is -2.15. The predicted octanol–water partition coefficient (Wildman–Crippen LogP) is 10.3. The normalized spacial score (nSPS) is 11.4. The van der Waals surface area contributed by atoms with Gasteiger partial charge in [-0.15, -0.1) is 0 Å². The second-order valence-corrected chi connectivity index (χ2v) is 12.3. The molecule has 2 aromatic heterocycles. The second-order valence-electron chi connectivity index (χ2n) is 12.3. The number of hydrogen-bond donors (Lipinski definition) is 3. The lowest BCUT2D eigenvalue weighted by Gasteiger charge is -2.20. The van der Waals surface area contributed by atoms with Gasteiger partial charge in [-0.25, -0.2) is 0 Å². The minimum Gasteiger partial charge on any atom is -0.358 e. The van der Waals surface area contributed by atoms with Gasteiger partial charge in [-0.1, -0.05) is 146 Å². The van der Waals surface area contributed by atoms with Gasteiger partial charge in [-0.3, -0.25) is 4.79 Å². The van der Waals surface area contributed by atoms with Crippen molar-refractivity contribution in [1.29, 1.82) is 0 Å². The topological polar surface area (TPSA) is 60.7 Å². The Labute approximate surface area is 280 Å². The van der Waals surface area contributed by atoms with E-state index in [1.54, 1.807) is 0 Å². The molecule has 48 heavy (non-hydrogen) atoms. The highest BCUT2D eigenvalue weighted by Gasteiger charge is 2.28. The Bertz CT molecular complexity index is 2300. The van der Waals surface area contributed by atoms with Crippen LogP contribution in [0, 0.1) is 0 Å². The third-order valence-corrected chi connectivity index (χ3v) is 9.19. The van der Waals surface area contributed by atoms with Crippen molar-refractivity contribution in [3.05, 3.63) is 197 Å². The van der Waals surface area contributed by atoms with Crippen LogP contribution in [0.2, 0.25) is 0 Å². The molecule has 8 aromatic rings. The number of carbonyl (C=O) groups is 1. The van der Waals surface area contributed by atoms with E-state index >= 15 is 0 Å². The quantitative estimate of drug-likeness (QED) is 0.148. The Morgan fingerprint density at radius 2 is 1.06 bits per heavy atom. The molecule has 3 N–H and O–H groups in total. The smallest absolute Gasteiger partial charge is 0.228 e. The first-order chi connectivity index (χ1) is 23.7. The molecule has 0 aliphatic heterocycles. The van der Waals surface area contributed by atoms with Crippen LogP contribution in [0.25, 0.3) is 32.9 Å². The summed E-state index contributed by atoms with van der Waals surface area (Å²) in [4.78, 5) is 20.9. The summed E-state index contributed by atoms with van der Waals surface area (Å²) in [6.07, 6.45) is 0.942. The third-order valence-electron chi connectivity index (χ3n) is 9.19. The number of hydrogen-bond acceptors (Lipinski definition) is 1. The lowest BCUT2D eigenvalue weighted by molar-refractivity contribution is -0.115. The van der Waals surface area contributed by atoms with E-state index in [1.165, 1.54) is 33.0 Å². The highest BCUT2D eigenvalue weighted by Crippen LogP contribution is 2.45. The van der Waals surface area contributed by atoms with Crippen LogP contribution in [0.1, 0.15) is 39.6 Å². The molecular formula is C44H35N3O. The van der Waals surface area contributed by atoms with Crippen LogP contribution in [0.5, 0.6) is 0 Å². The van der Waals surface area contributed by atoms with Gasteiger partial charge in [-0.2, -0.15) is 0 Å². The summed E-state index contributed by atoms with van der Waals surface area (Å²) in [5.41, 5.74) is 12.1. The van der Waals surface area contributed by atoms with Crippen LogP contribution >= 0.6 is 0 Å². The van der Waals surface area contributed by atoms with Gasteiger partial charge in [0.25, 0.3) is 0 Å². The van der Waals surface area contributed by atoms with Gasteiger partial charge in [0.05, 0.1) is 6.42 Å². The molecule has 8 rings (SSSR count). The second kappa shape index (κ2) is 12.9. The maximum atomic E-state index is 13.2. The molecule has 0 radical (unpaired) electrons. The number of H-pyrrole nitrogens is 2. The van der Waals surface area contributed by atoms with E-state index in [-0.39, 0.29) is 11.8 Å². The number of para-hydroxylation sites is 3. The van der Waals surface area contributed by atoms with Gasteiger partial charge in [0.1, 0.15) is 0 Å². The summed E-state index contributed by atoms with van der Waals surface area (Å²) in [5.74, 6) is -0.0427. The Hall–Kier alpha value is -6.13. The van der Waals surface area contributed by atoms with Crippen molar-refractivity contribution >= 4 is 33.4 Å². The monoisotopic (exact) mass is 621 g/mol. The van der Waals surface area contributed by atoms with Crippen molar-refractivity contribution in [2.24, 2.45) is 0 Å². The maximum absolute atomic E-state index is 13.2. The average molecular weight is 622 g/mol. The molecule has 2 heterocycles.